The zero-order valence-corrected chi connectivity index (χ0v) is 12.7. The summed E-state index contributed by atoms with van der Waals surface area (Å²) in [5, 5.41) is 0. The van der Waals surface area contributed by atoms with Crippen LogP contribution in [0.25, 0.3) is 0 Å². The molecule has 18 heavy (non-hydrogen) atoms. The second-order valence-corrected chi connectivity index (χ2v) is 5.55. The number of anilines is 1. The van der Waals surface area contributed by atoms with Crippen LogP contribution in [-0.4, -0.2) is 14.1 Å². The highest BCUT2D eigenvalue weighted by molar-refractivity contribution is 14.1. The summed E-state index contributed by atoms with van der Waals surface area (Å²) in [6.07, 6.45) is 0. The van der Waals surface area contributed by atoms with Gasteiger partial charge in [0.25, 0.3) is 0 Å². The Labute approximate surface area is 122 Å². The first-order chi connectivity index (χ1) is 8.65. The molecule has 0 fully saturated rings. The van der Waals surface area contributed by atoms with Gasteiger partial charge < -0.3 is 9.64 Å². The van der Waals surface area contributed by atoms with Gasteiger partial charge in [-0.15, -0.1) is 0 Å². The Morgan fingerprint density at radius 2 is 1.56 bits per heavy atom. The van der Waals surface area contributed by atoms with Gasteiger partial charge in [-0.05, 0) is 64.6 Å². The van der Waals surface area contributed by atoms with Crippen LogP contribution in [0.3, 0.4) is 0 Å². The Kier molecular flexibility index (Phi) is 4.47. The Morgan fingerprint density at radius 1 is 0.944 bits per heavy atom. The van der Waals surface area contributed by atoms with Gasteiger partial charge in [-0.3, -0.25) is 0 Å². The van der Waals surface area contributed by atoms with Gasteiger partial charge in [-0.2, -0.15) is 0 Å². The van der Waals surface area contributed by atoms with Crippen molar-refractivity contribution in [3.63, 3.8) is 0 Å². The maximum atomic E-state index is 5.75. The number of ether oxygens (including phenoxy) is 1. The SMILES string of the molecule is CN(C)c1ccc(OCc2ccc([125I])cc2)cc1. The molecule has 0 aliphatic heterocycles. The fraction of sp³-hybridized carbons (Fsp3) is 0.200. The third kappa shape index (κ3) is 3.63. The molecule has 0 amide bonds. The topological polar surface area (TPSA) is 12.5 Å². The van der Waals surface area contributed by atoms with E-state index in [1.165, 1.54) is 14.8 Å². The predicted molar refractivity (Wildman–Crippen MR) is 84.3 cm³/mol. The predicted octanol–water partition coefficient (Wildman–Crippen LogP) is 3.94. The van der Waals surface area contributed by atoms with Crippen LogP contribution >= 0.6 is 22.6 Å². The molecule has 0 heterocycles. The molecule has 94 valence electrons. The second-order valence-electron chi connectivity index (χ2n) is 4.30. The van der Waals surface area contributed by atoms with E-state index in [-0.39, 0.29) is 0 Å². The third-order valence-corrected chi connectivity index (χ3v) is 3.39. The second kappa shape index (κ2) is 6.09. The van der Waals surface area contributed by atoms with E-state index >= 15 is 0 Å². The van der Waals surface area contributed by atoms with Crippen LogP contribution in [0.2, 0.25) is 0 Å². The molecule has 0 atom stereocenters. The fourth-order valence-electron chi connectivity index (χ4n) is 1.59. The lowest BCUT2D eigenvalue weighted by Crippen LogP contribution is -2.08. The molecule has 0 radical (unpaired) electrons. The average Bonchev–Trinajstić information content (AvgIpc) is 2.38. The van der Waals surface area contributed by atoms with Crippen molar-refractivity contribution in [3.8, 4) is 5.75 Å². The Hall–Kier alpha value is -1.23. The van der Waals surface area contributed by atoms with Gasteiger partial charge >= 0.3 is 0 Å². The molecule has 0 unspecified atom stereocenters. The van der Waals surface area contributed by atoms with Gasteiger partial charge in [-0.25, -0.2) is 0 Å². The van der Waals surface area contributed by atoms with Crippen molar-refractivity contribution in [3.05, 3.63) is 57.7 Å². The molecule has 0 spiro atoms. The molecule has 2 nitrogen and oxygen atoms in total. The summed E-state index contributed by atoms with van der Waals surface area (Å²) in [7, 11) is 4.06. The maximum Gasteiger partial charge on any atom is 0.119 e. The molecule has 0 aliphatic carbocycles. The van der Waals surface area contributed by atoms with Crippen LogP contribution in [0.4, 0.5) is 5.69 Å². The zero-order valence-electron chi connectivity index (χ0n) is 10.6. The van der Waals surface area contributed by atoms with E-state index in [9.17, 15) is 0 Å². The van der Waals surface area contributed by atoms with E-state index in [4.69, 9.17) is 4.74 Å². The van der Waals surface area contributed by atoms with E-state index in [0.29, 0.717) is 6.61 Å². The van der Waals surface area contributed by atoms with E-state index in [1.54, 1.807) is 0 Å². The van der Waals surface area contributed by atoms with Gasteiger partial charge in [0.15, 0.2) is 0 Å². The molecule has 0 aromatic heterocycles. The van der Waals surface area contributed by atoms with E-state index < -0.39 is 0 Å². The van der Waals surface area contributed by atoms with Crippen molar-refractivity contribution in [1.82, 2.24) is 0 Å². The average molecular weight is 351 g/mol. The standard InChI is InChI=1S/C15H16INO/c1-17(2)14-7-9-15(10-8-14)18-11-12-3-5-13(16)6-4-12/h3-10H,11H2,1-2H3/i16-2. The third-order valence-electron chi connectivity index (χ3n) is 2.67. The van der Waals surface area contributed by atoms with Gasteiger partial charge in [0.1, 0.15) is 12.4 Å². The molecular formula is C15H16INO. The van der Waals surface area contributed by atoms with Gasteiger partial charge in [-0.1, -0.05) is 12.1 Å². The molecule has 0 saturated heterocycles. The van der Waals surface area contributed by atoms with Crippen molar-refractivity contribution >= 4 is 28.3 Å². The lowest BCUT2D eigenvalue weighted by molar-refractivity contribution is 0.306. The van der Waals surface area contributed by atoms with Gasteiger partial charge in [0.05, 0.1) is 0 Å². The molecule has 0 bridgehead atoms. The normalized spacial score (nSPS) is 10.2. The quantitative estimate of drug-likeness (QED) is 0.774. The molecule has 2 aromatic rings. The number of benzene rings is 2. The first-order valence-corrected chi connectivity index (χ1v) is 6.87. The largest absolute Gasteiger partial charge is 0.489 e. The lowest BCUT2D eigenvalue weighted by Gasteiger charge is -2.13. The summed E-state index contributed by atoms with van der Waals surface area (Å²) < 4.78 is 6.99. The summed E-state index contributed by atoms with van der Waals surface area (Å²) in [4.78, 5) is 2.07. The van der Waals surface area contributed by atoms with Crippen LogP contribution in [0, 0.1) is 3.57 Å². The van der Waals surface area contributed by atoms with Crippen molar-refractivity contribution in [2.45, 2.75) is 6.61 Å². The highest BCUT2D eigenvalue weighted by Gasteiger charge is 1.98. The van der Waals surface area contributed by atoms with E-state index in [2.05, 4.69) is 63.9 Å². The minimum Gasteiger partial charge on any atom is -0.489 e. The van der Waals surface area contributed by atoms with Crippen LogP contribution in [0.1, 0.15) is 5.56 Å². The van der Waals surface area contributed by atoms with Crippen molar-refractivity contribution in [1.29, 1.82) is 0 Å². The highest BCUT2D eigenvalue weighted by atomic mass is 125. The summed E-state index contributed by atoms with van der Waals surface area (Å²) >= 11 is 2.30. The molecule has 0 aliphatic rings. The zero-order chi connectivity index (χ0) is 13.0. The summed E-state index contributed by atoms with van der Waals surface area (Å²) in [6, 6.07) is 16.5. The number of rotatable bonds is 4. The van der Waals surface area contributed by atoms with Crippen LogP contribution in [-0.2, 0) is 6.61 Å². The Balaban J connectivity index is 1.95. The summed E-state index contributed by atoms with van der Waals surface area (Å²) in [6.45, 7) is 0.609. The lowest BCUT2D eigenvalue weighted by atomic mass is 10.2. The number of hydrogen-bond donors (Lipinski definition) is 0. The van der Waals surface area contributed by atoms with Crippen LogP contribution in [0.5, 0.6) is 5.75 Å². The van der Waals surface area contributed by atoms with Crippen molar-refractivity contribution in [2.75, 3.05) is 19.0 Å². The monoisotopic (exact) mass is 351 g/mol. The van der Waals surface area contributed by atoms with Crippen molar-refractivity contribution < 1.29 is 4.74 Å². The summed E-state index contributed by atoms with van der Waals surface area (Å²) in [5.41, 5.74) is 2.36. The fourth-order valence-corrected chi connectivity index (χ4v) is 1.95. The van der Waals surface area contributed by atoms with Crippen LogP contribution in [0.15, 0.2) is 48.5 Å². The summed E-state index contributed by atoms with van der Waals surface area (Å²) in [5.74, 6) is 0.902. The van der Waals surface area contributed by atoms with E-state index in [0.717, 1.165) is 5.75 Å². The first-order valence-electron chi connectivity index (χ1n) is 5.80. The molecule has 3 heteroatoms. The van der Waals surface area contributed by atoms with Gasteiger partial charge in [0, 0.05) is 23.4 Å². The Bertz CT molecular complexity index is 491. The van der Waals surface area contributed by atoms with Gasteiger partial charge in [0.2, 0.25) is 0 Å². The number of halogens is 1. The molecule has 0 N–H and O–H groups in total. The molecule has 2 rings (SSSR count). The van der Waals surface area contributed by atoms with Crippen molar-refractivity contribution in [2.24, 2.45) is 0 Å². The first kappa shape index (κ1) is 13.2. The number of nitrogens with zero attached hydrogens (tertiary/aromatic N) is 1. The maximum absolute atomic E-state index is 5.75. The number of hydrogen-bond acceptors (Lipinski definition) is 2. The highest BCUT2D eigenvalue weighted by Crippen LogP contribution is 2.18. The van der Waals surface area contributed by atoms with E-state index in [1.807, 2.05) is 26.2 Å². The van der Waals surface area contributed by atoms with Crippen LogP contribution < -0.4 is 9.64 Å². The smallest absolute Gasteiger partial charge is 0.119 e. The molecule has 0 saturated carbocycles. The Morgan fingerprint density at radius 3 is 2.11 bits per heavy atom. The molecular weight excluding hydrogens is 335 g/mol. The minimum absolute atomic E-state index is 0.609. The molecule has 2 aromatic carbocycles. The minimum atomic E-state index is 0.609.